The van der Waals surface area contributed by atoms with Gasteiger partial charge in [0.15, 0.2) is 5.84 Å². The van der Waals surface area contributed by atoms with Crippen LogP contribution in [0.4, 0.5) is 4.39 Å². The van der Waals surface area contributed by atoms with Gasteiger partial charge in [-0.05, 0) is 12.0 Å². The Kier molecular flexibility index (Phi) is 5.54. The van der Waals surface area contributed by atoms with E-state index in [9.17, 15) is 4.39 Å². The lowest BCUT2D eigenvalue weighted by Crippen LogP contribution is -2.24. The second-order valence-corrected chi connectivity index (χ2v) is 4.18. The summed E-state index contributed by atoms with van der Waals surface area (Å²) >= 11 is 0. The summed E-state index contributed by atoms with van der Waals surface area (Å²) in [5.41, 5.74) is 5.88. The van der Waals surface area contributed by atoms with Crippen LogP contribution >= 0.6 is 0 Å². The molecule has 1 unspecified atom stereocenters. The average Bonchev–Trinajstić information content (AvgIpc) is 2.39. The third-order valence-electron chi connectivity index (χ3n) is 2.58. The van der Waals surface area contributed by atoms with E-state index in [0.717, 1.165) is 0 Å². The van der Waals surface area contributed by atoms with Crippen LogP contribution in [0.2, 0.25) is 0 Å². The maximum atomic E-state index is 14.0. The molecule has 0 bridgehead atoms. The van der Waals surface area contributed by atoms with Gasteiger partial charge in [0.1, 0.15) is 5.82 Å². The number of oxime groups is 1. The van der Waals surface area contributed by atoms with E-state index in [1.807, 2.05) is 6.92 Å². The molecule has 0 aromatic heterocycles. The molecular formula is C12H18FN3O2. The van der Waals surface area contributed by atoms with Crippen LogP contribution in [0.15, 0.2) is 23.4 Å². The average molecular weight is 255 g/mol. The van der Waals surface area contributed by atoms with E-state index in [0.29, 0.717) is 18.7 Å². The van der Waals surface area contributed by atoms with Crippen LogP contribution in [-0.2, 0) is 6.54 Å². The van der Waals surface area contributed by atoms with Crippen molar-refractivity contribution in [2.75, 3.05) is 13.2 Å². The number of benzene rings is 1. The van der Waals surface area contributed by atoms with E-state index in [1.54, 1.807) is 12.1 Å². The molecule has 0 saturated heterocycles. The molecule has 0 saturated carbocycles. The van der Waals surface area contributed by atoms with Crippen LogP contribution in [0.25, 0.3) is 0 Å². The number of amidine groups is 1. The maximum absolute atomic E-state index is 14.0. The Hall–Kier alpha value is -1.66. The highest BCUT2D eigenvalue weighted by Gasteiger charge is 2.11. The van der Waals surface area contributed by atoms with Crippen molar-refractivity contribution in [2.45, 2.75) is 13.5 Å². The minimum absolute atomic E-state index is 0.0759. The zero-order chi connectivity index (χ0) is 13.5. The molecule has 0 aliphatic heterocycles. The van der Waals surface area contributed by atoms with Gasteiger partial charge in [-0.3, -0.25) is 0 Å². The second-order valence-electron chi connectivity index (χ2n) is 4.18. The number of aliphatic hydroxyl groups is 1. The number of rotatable bonds is 6. The number of nitrogens with two attached hydrogens (primary N) is 1. The summed E-state index contributed by atoms with van der Waals surface area (Å²) in [4.78, 5) is 0. The molecule has 100 valence electrons. The number of hydrogen-bond acceptors (Lipinski definition) is 4. The molecule has 1 rings (SSSR count). The Bertz CT molecular complexity index is 424. The minimum Gasteiger partial charge on any atom is -0.409 e. The summed E-state index contributed by atoms with van der Waals surface area (Å²) < 4.78 is 14.0. The van der Waals surface area contributed by atoms with Gasteiger partial charge in [-0.1, -0.05) is 24.2 Å². The molecular weight excluding hydrogens is 237 g/mol. The van der Waals surface area contributed by atoms with Gasteiger partial charge in [0.05, 0.1) is 5.56 Å². The highest BCUT2D eigenvalue weighted by atomic mass is 19.1. The Morgan fingerprint density at radius 2 is 2.28 bits per heavy atom. The van der Waals surface area contributed by atoms with E-state index in [4.69, 9.17) is 16.0 Å². The van der Waals surface area contributed by atoms with Crippen LogP contribution in [0, 0.1) is 11.7 Å². The normalized spacial score (nSPS) is 13.6. The SMILES string of the molecule is CC(CO)CNCc1cccc(/C(N)=N/O)c1F. The fourth-order valence-corrected chi connectivity index (χ4v) is 1.49. The largest absolute Gasteiger partial charge is 0.409 e. The number of aliphatic hydroxyl groups excluding tert-OH is 1. The van der Waals surface area contributed by atoms with Crippen LogP contribution in [0.1, 0.15) is 18.1 Å². The van der Waals surface area contributed by atoms with Gasteiger partial charge in [0.25, 0.3) is 0 Å². The predicted molar refractivity (Wildman–Crippen MR) is 66.9 cm³/mol. The van der Waals surface area contributed by atoms with E-state index >= 15 is 0 Å². The first-order valence-corrected chi connectivity index (χ1v) is 5.67. The van der Waals surface area contributed by atoms with Crippen molar-refractivity contribution in [3.63, 3.8) is 0 Å². The van der Waals surface area contributed by atoms with Crippen molar-refractivity contribution in [3.8, 4) is 0 Å². The third kappa shape index (κ3) is 3.68. The number of nitrogens with zero attached hydrogens (tertiary/aromatic N) is 1. The van der Waals surface area contributed by atoms with Gasteiger partial charge in [0.2, 0.25) is 0 Å². The van der Waals surface area contributed by atoms with Gasteiger partial charge in [0, 0.05) is 25.3 Å². The molecule has 6 heteroatoms. The highest BCUT2D eigenvalue weighted by Crippen LogP contribution is 2.12. The third-order valence-corrected chi connectivity index (χ3v) is 2.58. The van der Waals surface area contributed by atoms with Gasteiger partial charge in [-0.2, -0.15) is 0 Å². The van der Waals surface area contributed by atoms with Crippen molar-refractivity contribution in [2.24, 2.45) is 16.8 Å². The lowest BCUT2D eigenvalue weighted by Gasteiger charge is -2.11. The molecule has 0 radical (unpaired) electrons. The molecule has 5 N–H and O–H groups in total. The molecule has 1 aromatic carbocycles. The summed E-state index contributed by atoms with van der Waals surface area (Å²) in [5, 5.41) is 23.2. The molecule has 1 aromatic rings. The Labute approximate surface area is 105 Å². The summed E-state index contributed by atoms with van der Waals surface area (Å²) in [6.45, 7) is 2.88. The van der Waals surface area contributed by atoms with Crippen molar-refractivity contribution < 1.29 is 14.7 Å². The van der Waals surface area contributed by atoms with E-state index < -0.39 is 5.82 Å². The lowest BCUT2D eigenvalue weighted by atomic mass is 10.1. The predicted octanol–water partition coefficient (Wildman–Crippen LogP) is 0.638. The standard InChI is InChI=1S/C12H18FN3O2/c1-8(7-17)5-15-6-9-3-2-4-10(11(9)13)12(14)16-18/h2-4,8,15,17-18H,5-7H2,1H3,(H2,14,16). The van der Waals surface area contributed by atoms with Gasteiger partial charge >= 0.3 is 0 Å². The molecule has 18 heavy (non-hydrogen) atoms. The number of halogens is 1. The summed E-state index contributed by atoms with van der Waals surface area (Å²) in [6, 6.07) is 4.72. The topological polar surface area (TPSA) is 90.9 Å². The smallest absolute Gasteiger partial charge is 0.173 e. The summed E-state index contributed by atoms with van der Waals surface area (Å²) in [7, 11) is 0. The van der Waals surface area contributed by atoms with Crippen LogP contribution in [0.5, 0.6) is 0 Å². The van der Waals surface area contributed by atoms with E-state index in [-0.39, 0.29) is 23.9 Å². The maximum Gasteiger partial charge on any atom is 0.173 e. The van der Waals surface area contributed by atoms with Gasteiger partial charge in [-0.15, -0.1) is 0 Å². The monoisotopic (exact) mass is 255 g/mol. The van der Waals surface area contributed by atoms with Crippen molar-refractivity contribution in [1.29, 1.82) is 0 Å². The van der Waals surface area contributed by atoms with Crippen LogP contribution in [0.3, 0.4) is 0 Å². The quantitative estimate of drug-likeness (QED) is 0.260. The molecule has 1 atom stereocenters. The highest BCUT2D eigenvalue weighted by molar-refractivity contribution is 5.97. The second kappa shape index (κ2) is 6.93. The zero-order valence-electron chi connectivity index (χ0n) is 10.2. The molecule has 5 nitrogen and oxygen atoms in total. The minimum atomic E-state index is -0.503. The van der Waals surface area contributed by atoms with Gasteiger partial charge in [-0.25, -0.2) is 4.39 Å². The molecule has 0 aliphatic rings. The first-order chi connectivity index (χ1) is 8.60. The molecule has 0 amide bonds. The van der Waals surface area contributed by atoms with Crippen LogP contribution in [-0.4, -0.2) is 29.3 Å². The Balaban J connectivity index is 2.72. The molecule has 0 heterocycles. The van der Waals surface area contributed by atoms with Crippen LogP contribution < -0.4 is 11.1 Å². The van der Waals surface area contributed by atoms with E-state index in [2.05, 4.69) is 10.5 Å². The molecule has 0 aliphatic carbocycles. The fourth-order valence-electron chi connectivity index (χ4n) is 1.49. The Morgan fingerprint density at radius 1 is 1.56 bits per heavy atom. The summed E-state index contributed by atoms with van der Waals surface area (Å²) in [5.74, 6) is -0.643. The number of hydrogen-bond donors (Lipinski definition) is 4. The number of nitrogens with one attached hydrogen (secondary N) is 1. The van der Waals surface area contributed by atoms with Crippen molar-refractivity contribution in [1.82, 2.24) is 5.32 Å². The Morgan fingerprint density at radius 3 is 2.89 bits per heavy atom. The van der Waals surface area contributed by atoms with Gasteiger partial charge < -0.3 is 21.4 Å². The first kappa shape index (κ1) is 14.4. The molecule has 0 fully saturated rings. The van der Waals surface area contributed by atoms with Crippen molar-refractivity contribution >= 4 is 5.84 Å². The fraction of sp³-hybridized carbons (Fsp3) is 0.417. The lowest BCUT2D eigenvalue weighted by molar-refractivity contribution is 0.233. The first-order valence-electron chi connectivity index (χ1n) is 5.67. The summed E-state index contributed by atoms with van der Waals surface area (Å²) in [6.07, 6.45) is 0. The van der Waals surface area contributed by atoms with Crippen molar-refractivity contribution in [3.05, 3.63) is 35.1 Å². The zero-order valence-corrected chi connectivity index (χ0v) is 10.2. The van der Waals surface area contributed by atoms with E-state index in [1.165, 1.54) is 6.07 Å². The molecule has 0 spiro atoms.